The van der Waals surface area contributed by atoms with Gasteiger partial charge in [0.25, 0.3) is 0 Å². The maximum atomic E-state index is 5.32. The van der Waals surface area contributed by atoms with Crippen LogP contribution in [0.2, 0.25) is 0 Å². The van der Waals surface area contributed by atoms with Crippen LogP contribution in [0.25, 0.3) is 127 Å². The van der Waals surface area contributed by atoms with Gasteiger partial charge in [0, 0.05) is 33.2 Å². The van der Waals surface area contributed by atoms with Crippen LogP contribution in [0.4, 0.5) is 0 Å². The second-order valence-corrected chi connectivity index (χ2v) is 17.2. The van der Waals surface area contributed by atoms with Gasteiger partial charge in [0.1, 0.15) is 0 Å². The molecule has 11 aromatic carbocycles. The van der Waals surface area contributed by atoms with Crippen LogP contribution in [0.15, 0.2) is 249 Å². The van der Waals surface area contributed by atoms with Crippen molar-refractivity contribution in [3.8, 4) is 73.0 Å². The second kappa shape index (κ2) is 16.0. The van der Waals surface area contributed by atoms with Gasteiger partial charge in [0.05, 0.1) is 22.4 Å². The molecule has 67 heavy (non-hydrogen) atoms. The summed E-state index contributed by atoms with van der Waals surface area (Å²) < 4.78 is 2.36. The topological polar surface area (TPSA) is 30.7 Å². The summed E-state index contributed by atoms with van der Waals surface area (Å²) in [4.78, 5) is 10.6. The fourth-order valence-electron chi connectivity index (χ4n) is 10.4. The summed E-state index contributed by atoms with van der Waals surface area (Å²) in [6.07, 6.45) is 0. The van der Waals surface area contributed by atoms with Gasteiger partial charge in [-0.2, -0.15) is 0 Å². The van der Waals surface area contributed by atoms with Gasteiger partial charge in [0.15, 0.2) is 5.82 Å². The van der Waals surface area contributed by atoms with Crippen molar-refractivity contribution in [3.63, 3.8) is 0 Å². The fraction of sp³-hybridized carbons (Fsp3) is 0. The molecule has 0 N–H and O–H groups in total. The highest BCUT2D eigenvalue weighted by Crippen LogP contribution is 2.47. The predicted molar refractivity (Wildman–Crippen MR) is 282 cm³/mol. The Morgan fingerprint density at radius 2 is 0.821 bits per heavy atom. The second-order valence-electron chi connectivity index (χ2n) is 17.2. The highest BCUT2D eigenvalue weighted by Gasteiger charge is 2.20. The van der Waals surface area contributed by atoms with Crippen molar-refractivity contribution in [2.24, 2.45) is 0 Å². The van der Waals surface area contributed by atoms with Crippen molar-refractivity contribution in [3.05, 3.63) is 249 Å². The minimum atomic E-state index is 0.689. The highest BCUT2D eigenvalue weighted by molar-refractivity contribution is 6.28. The van der Waals surface area contributed by atoms with Gasteiger partial charge < -0.3 is 4.57 Å². The number of aromatic nitrogens is 3. The van der Waals surface area contributed by atoms with Crippen LogP contribution in [0.5, 0.6) is 0 Å². The van der Waals surface area contributed by atoms with Crippen LogP contribution in [-0.2, 0) is 0 Å². The lowest BCUT2D eigenvalue weighted by Crippen LogP contribution is -1.97. The summed E-state index contributed by atoms with van der Waals surface area (Å²) in [6.45, 7) is 0. The van der Waals surface area contributed by atoms with Crippen LogP contribution in [0.3, 0.4) is 0 Å². The molecule has 13 aromatic rings. The van der Waals surface area contributed by atoms with E-state index in [1.165, 1.54) is 70.8 Å². The third-order valence-electron chi connectivity index (χ3n) is 13.4. The Labute approximate surface area is 388 Å². The lowest BCUT2D eigenvalue weighted by Gasteiger charge is -2.19. The highest BCUT2D eigenvalue weighted by atomic mass is 15.0. The van der Waals surface area contributed by atoms with Crippen LogP contribution in [0.1, 0.15) is 0 Å². The molecular weight excluding hydrogens is 811 g/mol. The van der Waals surface area contributed by atoms with Gasteiger partial charge >= 0.3 is 0 Å². The SMILES string of the molecule is c1ccc(-c2nc(-c3ccc(-c4c5ccccc5c(-c5ccccc5)c5c4ccc4ccccc45)cc3)cc(-c3ccccc3-c3ccc4c(c3)c3ccccc3n4-c3ccccc3)n2)cc1. The third-order valence-corrected chi connectivity index (χ3v) is 13.4. The van der Waals surface area contributed by atoms with Crippen molar-refractivity contribution in [1.82, 2.24) is 14.5 Å². The number of benzene rings is 11. The summed E-state index contributed by atoms with van der Waals surface area (Å²) in [7, 11) is 0. The molecular formula is C64H41N3. The summed E-state index contributed by atoms with van der Waals surface area (Å²) in [5.41, 5.74) is 15.4. The first kappa shape index (κ1) is 38.5. The third kappa shape index (κ3) is 6.51. The van der Waals surface area contributed by atoms with Crippen molar-refractivity contribution >= 4 is 54.1 Å². The standard InChI is InChI=1S/C64H41N3/c1-4-19-44(20-5-1)62-54-30-15-14-29-53(54)61(55-38-36-42-18-10-11-26-50(42)63(55)62)45-34-32-43(33-35-45)57-41-58(66-64(65-57)46-21-6-2-7-22-46)51-27-13-12-25-49(51)47-37-39-60-56(40-47)52-28-16-17-31-59(52)67(60)48-23-8-3-9-24-48/h1-41H. The first-order valence-corrected chi connectivity index (χ1v) is 22.9. The minimum Gasteiger partial charge on any atom is -0.309 e. The molecule has 2 heterocycles. The number of rotatable bonds is 7. The Kier molecular flexibility index (Phi) is 9.17. The molecule has 0 saturated heterocycles. The van der Waals surface area contributed by atoms with Gasteiger partial charge in [-0.05, 0) is 102 Å². The molecule has 0 atom stereocenters. The van der Waals surface area contributed by atoms with Gasteiger partial charge in [0.2, 0.25) is 0 Å². The molecule has 0 saturated carbocycles. The molecule has 13 rings (SSSR count). The average molecular weight is 852 g/mol. The van der Waals surface area contributed by atoms with Gasteiger partial charge in [-0.25, -0.2) is 9.97 Å². The van der Waals surface area contributed by atoms with E-state index in [0.717, 1.165) is 50.5 Å². The lowest BCUT2D eigenvalue weighted by atomic mass is 9.84. The number of fused-ring (bicyclic) bond motifs is 7. The predicted octanol–water partition coefficient (Wildman–Crippen LogP) is 17.0. The van der Waals surface area contributed by atoms with Crippen molar-refractivity contribution in [1.29, 1.82) is 0 Å². The number of hydrogen-bond donors (Lipinski definition) is 0. The van der Waals surface area contributed by atoms with Crippen LogP contribution in [0, 0.1) is 0 Å². The summed E-state index contributed by atoms with van der Waals surface area (Å²) in [5.74, 6) is 0.689. The molecule has 0 radical (unpaired) electrons. The monoisotopic (exact) mass is 851 g/mol. The largest absolute Gasteiger partial charge is 0.309 e. The first-order chi connectivity index (χ1) is 33.2. The zero-order valence-corrected chi connectivity index (χ0v) is 36.5. The van der Waals surface area contributed by atoms with E-state index in [1.54, 1.807) is 0 Å². The maximum absolute atomic E-state index is 5.32. The van der Waals surface area contributed by atoms with E-state index in [0.29, 0.717) is 5.82 Å². The zero-order valence-electron chi connectivity index (χ0n) is 36.5. The maximum Gasteiger partial charge on any atom is 0.160 e. The van der Waals surface area contributed by atoms with Crippen LogP contribution < -0.4 is 0 Å². The fourth-order valence-corrected chi connectivity index (χ4v) is 10.4. The molecule has 0 aliphatic rings. The van der Waals surface area contributed by atoms with Gasteiger partial charge in [-0.1, -0.05) is 212 Å². The van der Waals surface area contributed by atoms with Gasteiger partial charge in [-0.15, -0.1) is 0 Å². The van der Waals surface area contributed by atoms with E-state index in [9.17, 15) is 0 Å². The zero-order chi connectivity index (χ0) is 44.3. The van der Waals surface area contributed by atoms with E-state index in [4.69, 9.17) is 9.97 Å². The smallest absolute Gasteiger partial charge is 0.160 e. The molecule has 2 aromatic heterocycles. The van der Waals surface area contributed by atoms with E-state index in [-0.39, 0.29) is 0 Å². The molecule has 0 fully saturated rings. The Hall–Kier alpha value is -8.92. The molecule has 312 valence electrons. The Morgan fingerprint density at radius 3 is 1.58 bits per heavy atom. The molecule has 3 heteroatoms. The molecule has 0 aliphatic heterocycles. The molecule has 0 unspecified atom stereocenters. The van der Waals surface area contributed by atoms with E-state index < -0.39 is 0 Å². The number of nitrogens with zero attached hydrogens (tertiary/aromatic N) is 3. The van der Waals surface area contributed by atoms with Crippen LogP contribution >= 0.6 is 0 Å². The van der Waals surface area contributed by atoms with Gasteiger partial charge in [-0.3, -0.25) is 0 Å². The Morgan fingerprint density at radius 1 is 0.284 bits per heavy atom. The summed E-state index contributed by atoms with van der Waals surface area (Å²) >= 11 is 0. The first-order valence-electron chi connectivity index (χ1n) is 22.9. The quantitative estimate of drug-likeness (QED) is 0.118. The Bertz CT molecular complexity index is 4000. The molecule has 0 amide bonds. The van der Waals surface area contributed by atoms with Crippen molar-refractivity contribution in [2.75, 3.05) is 0 Å². The molecule has 3 nitrogen and oxygen atoms in total. The molecule has 0 spiro atoms. The number of para-hydroxylation sites is 2. The summed E-state index contributed by atoms with van der Waals surface area (Å²) in [5, 5.41) is 9.90. The lowest BCUT2D eigenvalue weighted by molar-refractivity contribution is 1.18. The van der Waals surface area contributed by atoms with Crippen LogP contribution in [-0.4, -0.2) is 14.5 Å². The van der Waals surface area contributed by atoms with E-state index >= 15 is 0 Å². The van der Waals surface area contributed by atoms with Crippen molar-refractivity contribution < 1.29 is 0 Å². The molecule has 0 bridgehead atoms. The van der Waals surface area contributed by atoms with E-state index in [1.807, 2.05) is 6.07 Å². The van der Waals surface area contributed by atoms with E-state index in [2.05, 4.69) is 247 Å². The summed E-state index contributed by atoms with van der Waals surface area (Å²) in [6, 6.07) is 89.4. The minimum absolute atomic E-state index is 0.689. The molecule has 0 aliphatic carbocycles. The average Bonchev–Trinajstić information content (AvgIpc) is 3.74. The number of hydrogen-bond acceptors (Lipinski definition) is 2. The normalized spacial score (nSPS) is 11.6. The van der Waals surface area contributed by atoms with Crippen molar-refractivity contribution in [2.45, 2.75) is 0 Å². The Balaban J connectivity index is 0.967.